The summed E-state index contributed by atoms with van der Waals surface area (Å²) < 4.78 is 0. The van der Waals surface area contributed by atoms with Crippen LogP contribution in [0.5, 0.6) is 0 Å². The van der Waals surface area contributed by atoms with Crippen molar-refractivity contribution in [2.45, 2.75) is 63.5 Å². The van der Waals surface area contributed by atoms with Crippen LogP contribution in [0.4, 0.5) is 0 Å². The summed E-state index contributed by atoms with van der Waals surface area (Å²) in [5.74, 6) is 0.649. The average molecular weight is 459 g/mol. The molecule has 1 aliphatic carbocycles. The third-order valence-electron chi connectivity index (χ3n) is 7.27. The number of nitrogens with one attached hydrogen (secondary N) is 2. The van der Waals surface area contributed by atoms with Crippen LogP contribution in [0.2, 0.25) is 0 Å². The molecule has 3 aromatic rings. The monoisotopic (exact) mass is 458 g/mol. The third-order valence-corrected chi connectivity index (χ3v) is 7.27. The largest absolute Gasteiger partial charge is 0.354 e. The van der Waals surface area contributed by atoms with Crippen molar-refractivity contribution in [3.05, 3.63) is 75.8 Å². The molecule has 0 bridgehead atoms. The van der Waals surface area contributed by atoms with Crippen molar-refractivity contribution < 1.29 is 9.59 Å². The van der Waals surface area contributed by atoms with E-state index < -0.39 is 0 Å². The number of carbonyl (C=O) groups is 2. The molecule has 176 valence electrons. The lowest BCUT2D eigenvalue weighted by atomic mass is 9.80. The molecular formula is C27H30N4O3. The molecule has 2 heterocycles. The first-order valence-electron chi connectivity index (χ1n) is 12.2. The summed E-state index contributed by atoms with van der Waals surface area (Å²) in [6, 6.07) is 15.1. The fraction of sp³-hybridized carbons (Fsp3) is 0.407. The van der Waals surface area contributed by atoms with E-state index in [0.29, 0.717) is 49.1 Å². The SMILES string of the molecule is O=C(CCCc1nc2ccccc2c(=O)[nH]1)NCC1(N2Cc3ccccc3C2=O)CCCCC1. The molecule has 7 heteroatoms. The van der Waals surface area contributed by atoms with E-state index in [2.05, 4.69) is 15.3 Å². The second-order valence-electron chi connectivity index (χ2n) is 9.49. The van der Waals surface area contributed by atoms with Crippen LogP contribution in [0, 0.1) is 0 Å². The first kappa shape index (κ1) is 22.3. The molecule has 0 saturated heterocycles. The topological polar surface area (TPSA) is 95.2 Å². The van der Waals surface area contributed by atoms with E-state index in [9.17, 15) is 14.4 Å². The molecule has 2 N–H and O–H groups in total. The number of fused-ring (bicyclic) bond motifs is 2. The molecule has 1 fully saturated rings. The summed E-state index contributed by atoms with van der Waals surface area (Å²) in [5, 5.41) is 3.69. The van der Waals surface area contributed by atoms with E-state index >= 15 is 0 Å². The van der Waals surface area contributed by atoms with E-state index in [1.165, 1.54) is 6.42 Å². The van der Waals surface area contributed by atoms with E-state index in [1.54, 1.807) is 6.07 Å². The maximum Gasteiger partial charge on any atom is 0.258 e. The van der Waals surface area contributed by atoms with Gasteiger partial charge in [-0.1, -0.05) is 49.6 Å². The van der Waals surface area contributed by atoms with Crippen molar-refractivity contribution in [1.29, 1.82) is 0 Å². The van der Waals surface area contributed by atoms with Crippen LogP contribution < -0.4 is 10.9 Å². The highest BCUT2D eigenvalue weighted by atomic mass is 16.2. The number of hydrogen-bond acceptors (Lipinski definition) is 4. The number of carbonyl (C=O) groups excluding carboxylic acids is 2. The number of aromatic nitrogens is 2. The van der Waals surface area contributed by atoms with Crippen LogP contribution >= 0.6 is 0 Å². The van der Waals surface area contributed by atoms with E-state index in [0.717, 1.165) is 36.8 Å². The minimum atomic E-state index is -0.324. The second kappa shape index (κ2) is 9.41. The number of amides is 2. The quantitative estimate of drug-likeness (QED) is 0.564. The van der Waals surface area contributed by atoms with Gasteiger partial charge in [-0.15, -0.1) is 0 Å². The van der Waals surface area contributed by atoms with Crippen molar-refractivity contribution in [2.24, 2.45) is 0 Å². The molecule has 0 spiro atoms. The van der Waals surface area contributed by atoms with E-state index in [1.807, 2.05) is 47.4 Å². The van der Waals surface area contributed by atoms with Gasteiger partial charge in [0.05, 0.1) is 16.4 Å². The Balaban J connectivity index is 1.20. The van der Waals surface area contributed by atoms with Gasteiger partial charge < -0.3 is 15.2 Å². The Morgan fingerprint density at radius 1 is 1.03 bits per heavy atom. The van der Waals surface area contributed by atoms with Crippen LogP contribution in [0.25, 0.3) is 10.9 Å². The van der Waals surface area contributed by atoms with Gasteiger partial charge in [0.1, 0.15) is 5.82 Å². The predicted molar refractivity (Wildman–Crippen MR) is 130 cm³/mol. The number of nitrogens with zero attached hydrogens (tertiary/aromatic N) is 2. The standard InChI is InChI=1S/C27H30N4O3/c32-24(14-8-13-23-29-22-12-5-4-11-21(22)25(33)30-23)28-18-27(15-6-1-7-16-27)31-17-19-9-2-3-10-20(19)26(31)34/h2-5,9-12H,1,6-8,13-18H2,(H,28,32)(H,29,30,33). The number of hydrogen-bond donors (Lipinski definition) is 2. The van der Waals surface area contributed by atoms with Gasteiger partial charge in [0.15, 0.2) is 0 Å². The van der Waals surface area contributed by atoms with Crippen LogP contribution in [-0.2, 0) is 17.8 Å². The zero-order valence-corrected chi connectivity index (χ0v) is 19.3. The number of aryl methyl sites for hydroxylation is 1. The lowest BCUT2D eigenvalue weighted by molar-refractivity contribution is -0.122. The fourth-order valence-corrected chi connectivity index (χ4v) is 5.41. The van der Waals surface area contributed by atoms with Gasteiger partial charge in [-0.25, -0.2) is 4.98 Å². The summed E-state index contributed by atoms with van der Waals surface area (Å²) in [6.45, 7) is 1.10. The van der Waals surface area contributed by atoms with Crippen LogP contribution in [-0.4, -0.2) is 38.8 Å². The van der Waals surface area contributed by atoms with Gasteiger partial charge in [0, 0.05) is 31.5 Å². The zero-order chi connectivity index (χ0) is 23.5. The molecule has 2 aromatic carbocycles. The minimum Gasteiger partial charge on any atom is -0.354 e. The Kier molecular flexibility index (Phi) is 6.18. The highest BCUT2D eigenvalue weighted by molar-refractivity contribution is 5.98. The van der Waals surface area contributed by atoms with Gasteiger partial charge in [-0.3, -0.25) is 14.4 Å². The normalized spacial score (nSPS) is 17.1. The smallest absolute Gasteiger partial charge is 0.258 e. The number of para-hydroxylation sites is 1. The molecule has 5 rings (SSSR count). The van der Waals surface area contributed by atoms with E-state index in [4.69, 9.17) is 0 Å². The molecule has 0 atom stereocenters. The molecule has 34 heavy (non-hydrogen) atoms. The first-order valence-corrected chi connectivity index (χ1v) is 12.2. The number of benzene rings is 2. The highest BCUT2D eigenvalue weighted by Gasteiger charge is 2.44. The Hall–Kier alpha value is -3.48. The summed E-state index contributed by atoms with van der Waals surface area (Å²) >= 11 is 0. The maximum atomic E-state index is 13.2. The molecule has 2 amide bonds. The summed E-state index contributed by atoms with van der Waals surface area (Å²) in [4.78, 5) is 47.4. The van der Waals surface area contributed by atoms with Gasteiger partial charge in [0.25, 0.3) is 11.5 Å². The third kappa shape index (κ3) is 4.34. The Morgan fingerprint density at radius 3 is 2.62 bits per heavy atom. The van der Waals surface area contributed by atoms with Crippen molar-refractivity contribution >= 4 is 22.7 Å². The van der Waals surface area contributed by atoms with Gasteiger partial charge >= 0.3 is 0 Å². The molecule has 1 saturated carbocycles. The van der Waals surface area contributed by atoms with Crippen molar-refractivity contribution in [1.82, 2.24) is 20.2 Å². The van der Waals surface area contributed by atoms with Crippen LogP contribution in [0.15, 0.2) is 53.3 Å². The Bertz CT molecular complexity index is 1280. The summed E-state index contributed by atoms with van der Waals surface area (Å²) in [7, 11) is 0. The highest BCUT2D eigenvalue weighted by Crippen LogP contribution is 2.38. The Labute approximate surface area is 198 Å². The Morgan fingerprint density at radius 2 is 1.79 bits per heavy atom. The molecule has 7 nitrogen and oxygen atoms in total. The van der Waals surface area contributed by atoms with Gasteiger partial charge in [-0.2, -0.15) is 0 Å². The maximum absolute atomic E-state index is 13.2. The van der Waals surface area contributed by atoms with Crippen LogP contribution in [0.3, 0.4) is 0 Å². The molecule has 0 radical (unpaired) electrons. The summed E-state index contributed by atoms with van der Waals surface area (Å²) in [5.41, 5.74) is 2.05. The molecular weight excluding hydrogens is 428 g/mol. The predicted octanol–water partition coefficient (Wildman–Crippen LogP) is 3.72. The van der Waals surface area contributed by atoms with E-state index in [-0.39, 0.29) is 22.9 Å². The lowest BCUT2D eigenvalue weighted by Crippen LogP contribution is -2.56. The second-order valence-corrected chi connectivity index (χ2v) is 9.49. The number of H-pyrrole nitrogens is 1. The zero-order valence-electron chi connectivity index (χ0n) is 19.3. The van der Waals surface area contributed by atoms with Gasteiger partial charge in [0.2, 0.25) is 5.91 Å². The lowest BCUT2D eigenvalue weighted by Gasteiger charge is -2.45. The van der Waals surface area contributed by atoms with Crippen LogP contribution in [0.1, 0.15) is 66.7 Å². The molecule has 2 aliphatic rings. The minimum absolute atomic E-state index is 0.0303. The van der Waals surface area contributed by atoms with Crippen molar-refractivity contribution in [3.63, 3.8) is 0 Å². The average Bonchev–Trinajstić information content (AvgIpc) is 3.21. The molecule has 1 aromatic heterocycles. The fourth-order valence-electron chi connectivity index (χ4n) is 5.41. The molecule has 1 aliphatic heterocycles. The number of aromatic amines is 1. The van der Waals surface area contributed by atoms with Crippen molar-refractivity contribution in [3.8, 4) is 0 Å². The van der Waals surface area contributed by atoms with Gasteiger partial charge in [-0.05, 0) is 43.0 Å². The summed E-state index contributed by atoms with van der Waals surface area (Å²) in [6.07, 6.45) is 6.59. The molecule has 0 unspecified atom stereocenters. The first-order chi connectivity index (χ1) is 16.6. The van der Waals surface area contributed by atoms with Crippen molar-refractivity contribution in [2.75, 3.05) is 6.54 Å². The number of rotatable bonds is 7.